The molecule has 1 aromatic rings. The Kier molecular flexibility index (Phi) is 3.26. The molecule has 0 amide bonds. The molecule has 0 aliphatic rings. The molecule has 0 aliphatic heterocycles. The molecule has 1 rings (SSSR count). The highest BCUT2D eigenvalue weighted by Gasteiger charge is 2.37. The number of aryl methyl sites for hydroxylation is 2. The van der Waals surface area contributed by atoms with Crippen LogP contribution < -0.4 is 0 Å². The Labute approximate surface area is 90.7 Å². The number of benzene rings is 1. The zero-order valence-electron chi connectivity index (χ0n) is 8.85. The summed E-state index contributed by atoms with van der Waals surface area (Å²) in [6, 6.07) is 2.76. The number of phenolic OH excluding ortho intramolecular Hbond substituents is 1. The van der Waals surface area contributed by atoms with Crippen LogP contribution in [-0.2, 0) is 11.2 Å². The van der Waals surface area contributed by atoms with E-state index in [0.29, 0.717) is 11.1 Å². The van der Waals surface area contributed by atoms with E-state index in [4.69, 9.17) is 0 Å². The van der Waals surface area contributed by atoms with E-state index in [1.54, 1.807) is 13.8 Å². The second kappa shape index (κ2) is 4.15. The molecule has 1 N–H and O–H groups in total. The van der Waals surface area contributed by atoms with Crippen LogP contribution in [0.5, 0.6) is 5.75 Å². The summed E-state index contributed by atoms with van der Waals surface area (Å²) < 4.78 is 36.0. The molecule has 0 heterocycles. The molecular weight excluding hydrogens is 221 g/mol. The first-order valence-electron chi connectivity index (χ1n) is 4.61. The second-order valence-electron chi connectivity index (χ2n) is 3.68. The Morgan fingerprint density at radius 1 is 1.25 bits per heavy atom. The average Bonchev–Trinajstić information content (AvgIpc) is 2.12. The van der Waals surface area contributed by atoms with Gasteiger partial charge in [-0.15, -0.1) is 0 Å². The van der Waals surface area contributed by atoms with Crippen molar-refractivity contribution in [1.82, 2.24) is 0 Å². The molecule has 5 heteroatoms. The second-order valence-corrected chi connectivity index (χ2v) is 3.68. The fraction of sp³-hybridized carbons (Fsp3) is 0.364. The van der Waals surface area contributed by atoms with Gasteiger partial charge in [0.2, 0.25) is 5.78 Å². The third kappa shape index (κ3) is 2.74. The molecule has 0 fully saturated rings. The van der Waals surface area contributed by atoms with Gasteiger partial charge in [0.25, 0.3) is 0 Å². The molecule has 2 nitrogen and oxygen atoms in total. The predicted octanol–water partition coefficient (Wildman–Crippen LogP) is 2.68. The topological polar surface area (TPSA) is 37.3 Å². The number of Topliss-reactive ketones (excluding diaryl/α,β-unsaturated/α-hetero) is 1. The maximum absolute atomic E-state index is 12.0. The van der Waals surface area contributed by atoms with E-state index in [9.17, 15) is 23.1 Å². The molecule has 0 radical (unpaired) electrons. The lowest BCUT2D eigenvalue weighted by Crippen LogP contribution is -2.24. The summed E-state index contributed by atoms with van der Waals surface area (Å²) in [7, 11) is 0. The van der Waals surface area contributed by atoms with E-state index in [1.165, 1.54) is 12.1 Å². The molecule has 0 saturated carbocycles. The van der Waals surface area contributed by atoms with Crippen molar-refractivity contribution in [3.05, 3.63) is 28.8 Å². The summed E-state index contributed by atoms with van der Waals surface area (Å²) in [5.74, 6) is -1.74. The Morgan fingerprint density at radius 2 is 1.69 bits per heavy atom. The zero-order chi connectivity index (χ0) is 12.5. The molecule has 0 unspecified atom stereocenters. The van der Waals surface area contributed by atoms with Crippen LogP contribution in [0, 0.1) is 13.8 Å². The van der Waals surface area contributed by atoms with Gasteiger partial charge in [0.1, 0.15) is 5.75 Å². The zero-order valence-corrected chi connectivity index (χ0v) is 8.85. The van der Waals surface area contributed by atoms with E-state index in [2.05, 4.69) is 0 Å². The summed E-state index contributed by atoms with van der Waals surface area (Å²) in [5, 5.41) is 9.42. The molecule has 0 spiro atoms. The van der Waals surface area contributed by atoms with Crippen LogP contribution in [-0.4, -0.2) is 17.1 Å². The Bertz CT molecular complexity index is 399. The maximum atomic E-state index is 12.0. The highest BCUT2D eigenvalue weighted by Crippen LogP contribution is 2.25. The number of hydrogen-bond acceptors (Lipinski definition) is 2. The first kappa shape index (κ1) is 12.5. The lowest BCUT2D eigenvalue weighted by Gasteiger charge is -2.08. The molecule has 0 aliphatic carbocycles. The number of hydrogen-bond donors (Lipinski definition) is 1. The number of rotatable bonds is 2. The van der Waals surface area contributed by atoms with Gasteiger partial charge in [-0.2, -0.15) is 13.2 Å². The van der Waals surface area contributed by atoms with Crippen LogP contribution in [0.25, 0.3) is 0 Å². The third-order valence-electron chi connectivity index (χ3n) is 2.23. The monoisotopic (exact) mass is 232 g/mol. The molecule has 0 atom stereocenters. The van der Waals surface area contributed by atoms with Crippen molar-refractivity contribution in [3.8, 4) is 5.75 Å². The van der Waals surface area contributed by atoms with Crippen molar-refractivity contribution in [2.24, 2.45) is 0 Å². The number of alkyl halides is 3. The maximum Gasteiger partial charge on any atom is 0.450 e. The number of aromatic hydroxyl groups is 1. The largest absolute Gasteiger partial charge is 0.507 e. The Morgan fingerprint density at radius 3 is 2.06 bits per heavy atom. The number of carbonyl (C=O) groups excluding carboxylic acids is 1. The summed E-state index contributed by atoms with van der Waals surface area (Å²) in [5.41, 5.74) is 1.19. The van der Waals surface area contributed by atoms with Gasteiger partial charge in [0, 0.05) is 6.42 Å². The minimum Gasteiger partial charge on any atom is -0.507 e. The Hall–Kier alpha value is -1.52. The van der Waals surface area contributed by atoms with Gasteiger partial charge in [-0.1, -0.05) is 12.1 Å². The quantitative estimate of drug-likeness (QED) is 0.851. The Balaban J connectivity index is 2.96. The highest BCUT2D eigenvalue weighted by atomic mass is 19.4. The standard InChI is InChI=1S/C11H11F3O2/c1-6-3-8(4-7(2)10(6)16)5-9(15)11(12,13)14/h3-4,16H,5H2,1-2H3. The number of halogens is 3. The number of carbonyl (C=O) groups is 1. The van der Waals surface area contributed by atoms with E-state index in [0.717, 1.165) is 0 Å². The molecule has 88 valence electrons. The lowest BCUT2D eigenvalue weighted by atomic mass is 10.0. The van der Waals surface area contributed by atoms with E-state index in [1.807, 2.05) is 0 Å². The van der Waals surface area contributed by atoms with Crippen LogP contribution in [0.1, 0.15) is 16.7 Å². The van der Waals surface area contributed by atoms with Gasteiger partial charge in [-0.3, -0.25) is 4.79 Å². The molecule has 0 bridgehead atoms. The minimum absolute atomic E-state index is 0.0446. The van der Waals surface area contributed by atoms with Crippen LogP contribution in [0.2, 0.25) is 0 Å². The molecule has 1 aromatic carbocycles. The van der Waals surface area contributed by atoms with E-state index >= 15 is 0 Å². The van der Waals surface area contributed by atoms with Crippen LogP contribution in [0.3, 0.4) is 0 Å². The lowest BCUT2D eigenvalue weighted by molar-refractivity contribution is -0.170. The summed E-state index contributed by atoms with van der Waals surface area (Å²) in [4.78, 5) is 10.8. The van der Waals surface area contributed by atoms with Crippen LogP contribution in [0.4, 0.5) is 13.2 Å². The van der Waals surface area contributed by atoms with Crippen molar-refractivity contribution in [3.63, 3.8) is 0 Å². The molecule has 0 saturated heterocycles. The van der Waals surface area contributed by atoms with Gasteiger partial charge < -0.3 is 5.11 Å². The van der Waals surface area contributed by atoms with Crippen LogP contribution in [0.15, 0.2) is 12.1 Å². The fourth-order valence-corrected chi connectivity index (χ4v) is 1.43. The first-order chi connectivity index (χ1) is 7.21. The number of ketones is 1. The third-order valence-corrected chi connectivity index (χ3v) is 2.23. The van der Waals surface area contributed by atoms with Gasteiger partial charge >= 0.3 is 6.18 Å². The predicted molar refractivity (Wildman–Crippen MR) is 52.3 cm³/mol. The average molecular weight is 232 g/mol. The smallest absolute Gasteiger partial charge is 0.450 e. The van der Waals surface area contributed by atoms with E-state index < -0.39 is 18.4 Å². The first-order valence-corrected chi connectivity index (χ1v) is 4.61. The van der Waals surface area contributed by atoms with Crippen molar-refractivity contribution in [2.75, 3.05) is 0 Å². The van der Waals surface area contributed by atoms with Gasteiger partial charge in [0.05, 0.1) is 0 Å². The fourth-order valence-electron chi connectivity index (χ4n) is 1.43. The van der Waals surface area contributed by atoms with Crippen molar-refractivity contribution >= 4 is 5.78 Å². The molecule has 0 aromatic heterocycles. The molecule has 16 heavy (non-hydrogen) atoms. The van der Waals surface area contributed by atoms with Gasteiger partial charge in [0.15, 0.2) is 0 Å². The minimum atomic E-state index is -4.81. The van der Waals surface area contributed by atoms with Crippen molar-refractivity contribution in [2.45, 2.75) is 26.4 Å². The molecular formula is C11H11F3O2. The van der Waals surface area contributed by atoms with Crippen molar-refractivity contribution < 1.29 is 23.1 Å². The summed E-state index contributed by atoms with van der Waals surface area (Å²) in [6.45, 7) is 3.15. The van der Waals surface area contributed by atoms with E-state index in [-0.39, 0.29) is 11.3 Å². The normalized spacial score (nSPS) is 11.6. The van der Waals surface area contributed by atoms with Gasteiger partial charge in [-0.25, -0.2) is 0 Å². The SMILES string of the molecule is Cc1cc(CC(=O)C(F)(F)F)cc(C)c1O. The summed E-state index contributed by atoms with van der Waals surface area (Å²) in [6.07, 6.45) is -5.49. The van der Waals surface area contributed by atoms with Gasteiger partial charge in [-0.05, 0) is 30.5 Å². The van der Waals surface area contributed by atoms with Crippen molar-refractivity contribution in [1.29, 1.82) is 0 Å². The van der Waals surface area contributed by atoms with Crippen LogP contribution >= 0.6 is 0 Å². The number of phenols is 1. The highest BCUT2D eigenvalue weighted by molar-refractivity contribution is 5.86. The summed E-state index contributed by atoms with van der Waals surface area (Å²) >= 11 is 0.